The number of aryl methyl sites for hydroxylation is 1. The Hall–Kier alpha value is -1.80. The van der Waals surface area contributed by atoms with Crippen LogP contribution in [0.1, 0.15) is 32.8 Å². The number of nitrogens with one attached hydrogen (secondary N) is 1. The molecule has 0 saturated carbocycles. The number of alkyl halides is 6. The highest BCUT2D eigenvalue weighted by atomic mass is 19.4. The molecule has 1 aromatic carbocycles. The predicted octanol–water partition coefficient (Wildman–Crippen LogP) is 5.62. The average molecular weight is 373 g/mol. The summed E-state index contributed by atoms with van der Waals surface area (Å²) in [5.74, 6) is -3.18. The smallest absolute Gasteiger partial charge is 0.325 e. The van der Waals surface area contributed by atoms with E-state index in [2.05, 4.69) is 0 Å². The zero-order chi connectivity index (χ0) is 19.8. The number of benzene rings is 1. The number of anilines is 1. The highest BCUT2D eigenvalue weighted by Gasteiger charge is 2.75. The van der Waals surface area contributed by atoms with Crippen LogP contribution in [0.3, 0.4) is 0 Å². The minimum absolute atomic E-state index is 0.128. The molecule has 0 heterocycles. The SMILES string of the molecule is Cc1ccc(F)cc1NC(=O)C(CC(C)(C)C)(C(F)(F)F)C(F)(F)F. The predicted molar refractivity (Wildman–Crippen MR) is 78.4 cm³/mol. The van der Waals surface area contributed by atoms with Gasteiger partial charge in [0.1, 0.15) is 5.82 Å². The number of hydrogen-bond donors (Lipinski definition) is 1. The second kappa shape index (κ2) is 6.49. The van der Waals surface area contributed by atoms with Gasteiger partial charge in [0.15, 0.2) is 0 Å². The van der Waals surface area contributed by atoms with Gasteiger partial charge in [-0.25, -0.2) is 4.39 Å². The molecule has 1 N–H and O–H groups in total. The summed E-state index contributed by atoms with van der Waals surface area (Å²) in [6, 6.07) is 2.78. The zero-order valence-electron chi connectivity index (χ0n) is 14.0. The molecule has 0 aromatic heterocycles. The molecule has 1 aromatic rings. The van der Waals surface area contributed by atoms with Gasteiger partial charge in [-0.2, -0.15) is 26.3 Å². The van der Waals surface area contributed by atoms with Crippen molar-refractivity contribution in [2.75, 3.05) is 5.32 Å². The van der Waals surface area contributed by atoms with Gasteiger partial charge in [0, 0.05) is 5.69 Å². The Morgan fingerprint density at radius 2 is 1.48 bits per heavy atom. The summed E-state index contributed by atoms with van der Waals surface area (Å²) in [5, 5.41) is 1.61. The van der Waals surface area contributed by atoms with E-state index in [1.165, 1.54) is 27.7 Å². The number of carbonyl (C=O) groups is 1. The Bertz CT molecular complexity index is 627. The van der Waals surface area contributed by atoms with Crippen molar-refractivity contribution in [1.82, 2.24) is 0 Å². The van der Waals surface area contributed by atoms with E-state index >= 15 is 0 Å². The highest BCUT2D eigenvalue weighted by molar-refractivity contribution is 5.97. The van der Waals surface area contributed by atoms with Crippen LogP contribution in [0.5, 0.6) is 0 Å². The largest absolute Gasteiger partial charge is 0.412 e. The molecule has 1 amide bonds. The van der Waals surface area contributed by atoms with Crippen molar-refractivity contribution >= 4 is 11.6 Å². The van der Waals surface area contributed by atoms with Crippen LogP contribution in [0.15, 0.2) is 18.2 Å². The summed E-state index contributed by atoms with van der Waals surface area (Å²) in [6.07, 6.45) is -13.3. The standard InChI is InChI=1S/C16H18F7NO/c1-9-5-6-10(17)7-11(9)24-12(25)14(15(18,19)20,16(21,22)23)8-13(2,3)4/h5-7H,8H2,1-4H3,(H,24,25). The number of amides is 1. The van der Waals surface area contributed by atoms with Crippen LogP contribution in [0, 0.1) is 23.6 Å². The summed E-state index contributed by atoms with van der Waals surface area (Å²) in [5.41, 5.74) is -6.39. The first-order valence-corrected chi connectivity index (χ1v) is 7.22. The van der Waals surface area contributed by atoms with Crippen LogP contribution in [0.25, 0.3) is 0 Å². The van der Waals surface area contributed by atoms with E-state index in [-0.39, 0.29) is 5.56 Å². The van der Waals surface area contributed by atoms with Crippen molar-refractivity contribution in [2.24, 2.45) is 10.8 Å². The summed E-state index contributed by atoms with van der Waals surface area (Å²) < 4.78 is 94.1. The molecule has 0 fully saturated rings. The molecule has 1 rings (SSSR count). The molecular formula is C16H18F7NO. The van der Waals surface area contributed by atoms with Crippen LogP contribution in [0.2, 0.25) is 0 Å². The molecular weight excluding hydrogens is 355 g/mol. The minimum atomic E-state index is -5.89. The first-order valence-electron chi connectivity index (χ1n) is 7.22. The molecule has 0 aliphatic rings. The molecule has 0 spiro atoms. The fraction of sp³-hybridized carbons (Fsp3) is 0.562. The van der Waals surface area contributed by atoms with E-state index in [1.807, 2.05) is 0 Å². The van der Waals surface area contributed by atoms with Crippen molar-refractivity contribution < 1.29 is 35.5 Å². The molecule has 0 bridgehead atoms. The van der Waals surface area contributed by atoms with Gasteiger partial charge in [0.2, 0.25) is 11.3 Å². The molecule has 25 heavy (non-hydrogen) atoms. The van der Waals surface area contributed by atoms with E-state index in [9.17, 15) is 35.5 Å². The molecule has 142 valence electrons. The van der Waals surface area contributed by atoms with Gasteiger partial charge in [-0.05, 0) is 36.5 Å². The van der Waals surface area contributed by atoms with Crippen LogP contribution in [-0.4, -0.2) is 18.3 Å². The van der Waals surface area contributed by atoms with Gasteiger partial charge in [0.25, 0.3) is 0 Å². The number of carbonyl (C=O) groups excluding carboxylic acids is 1. The lowest BCUT2D eigenvalue weighted by Gasteiger charge is -2.39. The lowest BCUT2D eigenvalue weighted by atomic mass is 9.71. The van der Waals surface area contributed by atoms with E-state index in [0.29, 0.717) is 6.07 Å². The van der Waals surface area contributed by atoms with Crippen LogP contribution < -0.4 is 5.32 Å². The van der Waals surface area contributed by atoms with Crippen molar-refractivity contribution in [3.05, 3.63) is 29.6 Å². The van der Waals surface area contributed by atoms with E-state index < -0.39 is 47.0 Å². The quantitative estimate of drug-likeness (QED) is 0.685. The fourth-order valence-corrected chi connectivity index (χ4v) is 2.45. The Kier molecular flexibility index (Phi) is 5.52. The maximum absolute atomic E-state index is 13.5. The maximum atomic E-state index is 13.5. The van der Waals surface area contributed by atoms with E-state index in [4.69, 9.17) is 0 Å². The average Bonchev–Trinajstić information content (AvgIpc) is 2.36. The van der Waals surface area contributed by atoms with Crippen LogP contribution in [-0.2, 0) is 4.79 Å². The summed E-state index contributed by atoms with van der Waals surface area (Å²) >= 11 is 0. The molecule has 0 aliphatic heterocycles. The molecule has 2 nitrogen and oxygen atoms in total. The fourth-order valence-electron chi connectivity index (χ4n) is 2.45. The summed E-state index contributed by atoms with van der Waals surface area (Å²) in [7, 11) is 0. The Morgan fingerprint density at radius 3 is 1.88 bits per heavy atom. The van der Waals surface area contributed by atoms with Crippen molar-refractivity contribution in [2.45, 2.75) is 46.5 Å². The van der Waals surface area contributed by atoms with Gasteiger partial charge in [-0.15, -0.1) is 0 Å². The number of halogens is 7. The molecule has 9 heteroatoms. The Morgan fingerprint density at radius 1 is 1.00 bits per heavy atom. The molecule has 0 atom stereocenters. The second-order valence-corrected chi connectivity index (χ2v) is 7.05. The van der Waals surface area contributed by atoms with Crippen LogP contribution in [0.4, 0.5) is 36.4 Å². The molecule has 0 unspecified atom stereocenters. The minimum Gasteiger partial charge on any atom is -0.325 e. The maximum Gasteiger partial charge on any atom is 0.412 e. The molecule has 0 radical (unpaired) electrons. The lowest BCUT2D eigenvalue weighted by Crippen LogP contribution is -2.59. The van der Waals surface area contributed by atoms with E-state index in [0.717, 1.165) is 12.1 Å². The van der Waals surface area contributed by atoms with Gasteiger partial charge < -0.3 is 5.32 Å². The third-order valence-electron chi connectivity index (χ3n) is 3.60. The van der Waals surface area contributed by atoms with Gasteiger partial charge in [-0.3, -0.25) is 4.79 Å². The first kappa shape index (κ1) is 21.2. The second-order valence-electron chi connectivity index (χ2n) is 7.05. The lowest BCUT2D eigenvalue weighted by molar-refractivity contribution is -0.330. The summed E-state index contributed by atoms with van der Waals surface area (Å²) in [4.78, 5) is 12.2. The summed E-state index contributed by atoms with van der Waals surface area (Å²) in [6.45, 7) is 4.82. The van der Waals surface area contributed by atoms with Crippen molar-refractivity contribution in [3.8, 4) is 0 Å². The third-order valence-corrected chi connectivity index (χ3v) is 3.60. The number of hydrogen-bond acceptors (Lipinski definition) is 1. The van der Waals surface area contributed by atoms with Gasteiger partial charge in [0.05, 0.1) is 0 Å². The first-order chi connectivity index (χ1) is 11.0. The number of rotatable bonds is 3. The van der Waals surface area contributed by atoms with Gasteiger partial charge in [-0.1, -0.05) is 26.8 Å². The van der Waals surface area contributed by atoms with Crippen LogP contribution >= 0.6 is 0 Å². The highest BCUT2D eigenvalue weighted by Crippen LogP contribution is 2.56. The third kappa shape index (κ3) is 4.43. The van der Waals surface area contributed by atoms with Crippen molar-refractivity contribution in [1.29, 1.82) is 0 Å². The Labute approximate surface area is 140 Å². The normalized spacial score (nSPS) is 13.7. The van der Waals surface area contributed by atoms with Gasteiger partial charge >= 0.3 is 12.4 Å². The Balaban J connectivity index is 3.50. The molecule has 0 aliphatic carbocycles. The monoisotopic (exact) mass is 373 g/mol. The zero-order valence-corrected chi connectivity index (χ0v) is 14.0. The van der Waals surface area contributed by atoms with E-state index in [1.54, 1.807) is 5.32 Å². The van der Waals surface area contributed by atoms with Crippen molar-refractivity contribution in [3.63, 3.8) is 0 Å². The topological polar surface area (TPSA) is 29.1 Å². The molecule has 0 saturated heterocycles.